The van der Waals surface area contributed by atoms with Gasteiger partial charge in [0.2, 0.25) is 5.67 Å². The quantitative estimate of drug-likeness (QED) is 0.203. The van der Waals surface area contributed by atoms with Gasteiger partial charge < -0.3 is 10.4 Å². The molecule has 2 N–H and O–H groups in total. The first-order valence-corrected chi connectivity index (χ1v) is 9.93. The van der Waals surface area contributed by atoms with Gasteiger partial charge in [0.1, 0.15) is 0 Å². The van der Waals surface area contributed by atoms with Gasteiger partial charge in [-0.05, 0) is 25.2 Å². The molecule has 0 aromatic heterocycles. The standard InChI is InChI=1S/C19H31FINO2/c1-6-7-10-15(4)17(16(5)11-8-9-14(2)3)22-13-19(20,12-21)18(23)24/h7-11,14-15,17,22H,6,12-13H2,1-5H3,(H,23,24)/b9-8-,10-7-,16-11+/t15-,17+,19-/m0/s1. The van der Waals surface area contributed by atoms with Crippen molar-refractivity contribution in [2.75, 3.05) is 11.0 Å². The maximum absolute atomic E-state index is 14.4. The van der Waals surface area contributed by atoms with Crippen LogP contribution in [-0.2, 0) is 4.79 Å². The average Bonchev–Trinajstić information content (AvgIpc) is 2.52. The molecule has 0 amide bonds. The first-order chi connectivity index (χ1) is 11.2. The van der Waals surface area contributed by atoms with E-state index >= 15 is 0 Å². The van der Waals surface area contributed by atoms with Gasteiger partial charge in [-0.25, -0.2) is 9.18 Å². The molecule has 0 aromatic carbocycles. The van der Waals surface area contributed by atoms with Gasteiger partial charge in [-0.3, -0.25) is 0 Å². The maximum Gasteiger partial charge on any atom is 0.343 e. The van der Waals surface area contributed by atoms with Gasteiger partial charge in [-0.15, -0.1) is 0 Å². The number of rotatable bonds is 11. The zero-order chi connectivity index (χ0) is 18.8. The second-order valence-corrected chi connectivity index (χ2v) is 7.26. The number of carboxylic acids is 1. The van der Waals surface area contributed by atoms with E-state index in [1.165, 1.54) is 0 Å². The van der Waals surface area contributed by atoms with E-state index in [9.17, 15) is 9.18 Å². The number of allylic oxidation sites excluding steroid dienone is 4. The van der Waals surface area contributed by atoms with Gasteiger partial charge in [0.15, 0.2) is 0 Å². The Morgan fingerprint density at radius 3 is 2.42 bits per heavy atom. The van der Waals surface area contributed by atoms with Crippen molar-refractivity contribution in [3.05, 3.63) is 36.0 Å². The van der Waals surface area contributed by atoms with Gasteiger partial charge in [-0.1, -0.05) is 86.2 Å². The van der Waals surface area contributed by atoms with Crippen molar-refractivity contribution in [1.82, 2.24) is 5.32 Å². The molecule has 3 atom stereocenters. The highest BCUT2D eigenvalue weighted by atomic mass is 127. The largest absolute Gasteiger partial charge is 0.479 e. The van der Waals surface area contributed by atoms with E-state index < -0.39 is 11.6 Å². The lowest BCUT2D eigenvalue weighted by molar-refractivity contribution is -0.148. The summed E-state index contributed by atoms with van der Waals surface area (Å²) in [4.78, 5) is 11.2. The average molecular weight is 451 g/mol. The van der Waals surface area contributed by atoms with Gasteiger partial charge in [0.05, 0.1) is 0 Å². The minimum Gasteiger partial charge on any atom is -0.479 e. The lowest BCUT2D eigenvalue weighted by Gasteiger charge is -2.28. The predicted molar refractivity (Wildman–Crippen MR) is 108 cm³/mol. The summed E-state index contributed by atoms with van der Waals surface area (Å²) in [7, 11) is 0. The molecule has 0 fully saturated rings. The third-order valence-electron chi connectivity index (χ3n) is 3.74. The molecule has 5 heteroatoms. The second-order valence-electron chi connectivity index (χ2n) is 6.50. The molecule has 138 valence electrons. The molecule has 0 rings (SSSR count). The molecule has 0 saturated carbocycles. The number of alkyl halides is 2. The molecule has 24 heavy (non-hydrogen) atoms. The number of nitrogens with one attached hydrogen (secondary N) is 1. The number of halogens is 2. The van der Waals surface area contributed by atoms with Crippen LogP contribution in [0.2, 0.25) is 0 Å². The normalized spacial score (nSPS) is 18.2. The number of carboxylic acid groups (broad SMARTS) is 1. The smallest absolute Gasteiger partial charge is 0.343 e. The van der Waals surface area contributed by atoms with E-state index in [0.717, 1.165) is 12.0 Å². The number of hydrogen-bond donors (Lipinski definition) is 2. The van der Waals surface area contributed by atoms with Gasteiger partial charge in [0.25, 0.3) is 0 Å². The number of carbonyl (C=O) groups is 1. The molecule has 0 aliphatic carbocycles. The van der Waals surface area contributed by atoms with Crippen LogP contribution >= 0.6 is 22.6 Å². The summed E-state index contributed by atoms with van der Waals surface area (Å²) in [5.74, 6) is -0.815. The van der Waals surface area contributed by atoms with Crippen LogP contribution in [0, 0.1) is 11.8 Å². The van der Waals surface area contributed by atoms with Crippen LogP contribution in [0.25, 0.3) is 0 Å². The summed E-state index contributed by atoms with van der Waals surface area (Å²) >= 11 is 1.78. The molecule has 0 unspecified atom stereocenters. The molecule has 3 nitrogen and oxygen atoms in total. The van der Waals surface area contributed by atoms with Crippen molar-refractivity contribution in [2.24, 2.45) is 11.8 Å². The molecule has 0 radical (unpaired) electrons. The molecule has 0 aromatic rings. The Kier molecular flexibility index (Phi) is 11.5. The number of aliphatic carboxylic acids is 1. The Labute approximate surface area is 159 Å². The summed E-state index contributed by atoms with van der Waals surface area (Å²) in [6.45, 7) is 10.1. The van der Waals surface area contributed by atoms with E-state index in [1.54, 1.807) is 22.6 Å². The Balaban J connectivity index is 5.26. The first-order valence-electron chi connectivity index (χ1n) is 8.41. The van der Waals surface area contributed by atoms with Crippen LogP contribution in [0.15, 0.2) is 36.0 Å². The topological polar surface area (TPSA) is 49.3 Å². The summed E-state index contributed by atoms with van der Waals surface area (Å²) < 4.78 is 14.3. The highest BCUT2D eigenvalue weighted by Gasteiger charge is 2.38. The van der Waals surface area contributed by atoms with E-state index in [2.05, 4.69) is 51.2 Å². The van der Waals surface area contributed by atoms with Gasteiger partial charge >= 0.3 is 5.97 Å². The minimum atomic E-state index is -2.25. The Morgan fingerprint density at radius 1 is 1.33 bits per heavy atom. The van der Waals surface area contributed by atoms with Gasteiger partial charge in [0, 0.05) is 17.0 Å². The number of hydrogen-bond acceptors (Lipinski definition) is 2. The third kappa shape index (κ3) is 8.42. The van der Waals surface area contributed by atoms with Crippen LogP contribution < -0.4 is 5.32 Å². The molecule has 0 aliphatic rings. The molecule has 0 heterocycles. The van der Waals surface area contributed by atoms with Gasteiger partial charge in [-0.2, -0.15) is 0 Å². The van der Waals surface area contributed by atoms with E-state index in [0.29, 0.717) is 5.92 Å². The minimum absolute atomic E-state index is 0.0883. The van der Waals surface area contributed by atoms with Crippen LogP contribution in [0.4, 0.5) is 4.39 Å². The van der Waals surface area contributed by atoms with Crippen LogP contribution in [0.1, 0.15) is 41.0 Å². The SMILES string of the molecule is CC/C=C\[C@H](C)[C@@H](NC[C@@](F)(CI)C(=O)O)/C(C)=C/C=C\C(C)C. The fourth-order valence-electron chi connectivity index (χ4n) is 2.21. The van der Waals surface area contributed by atoms with Crippen molar-refractivity contribution in [3.63, 3.8) is 0 Å². The molecule has 0 saturated heterocycles. The van der Waals surface area contributed by atoms with Crippen molar-refractivity contribution >= 4 is 28.6 Å². The maximum atomic E-state index is 14.4. The highest BCUT2D eigenvalue weighted by Crippen LogP contribution is 2.19. The zero-order valence-electron chi connectivity index (χ0n) is 15.4. The third-order valence-corrected chi connectivity index (χ3v) is 4.95. The predicted octanol–water partition coefficient (Wildman–Crippen LogP) is 4.93. The van der Waals surface area contributed by atoms with Crippen LogP contribution in [0.3, 0.4) is 0 Å². The van der Waals surface area contributed by atoms with Crippen molar-refractivity contribution in [1.29, 1.82) is 0 Å². The molecule has 0 spiro atoms. The summed E-state index contributed by atoms with van der Waals surface area (Å²) in [5, 5.41) is 12.2. The highest BCUT2D eigenvalue weighted by molar-refractivity contribution is 14.1. The van der Waals surface area contributed by atoms with Crippen molar-refractivity contribution in [2.45, 2.75) is 52.8 Å². The Bertz CT molecular complexity index is 474. The fourth-order valence-corrected chi connectivity index (χ4v) is 2.80. The van der Waals surface area contributed by atoms with E-state index in [4.69, 9.17) is 5.11 Å². The molecular formula is C19H31FINO2. The molecule has 0 bridgehead atoms. The Hall–Kier alpha value is -0.690. The molecular weight excluding hydrogens is 420 g/mol. The molecule has 0 aliphatic heterocycles. The summed E-state index contributed by atoms with van der Waals surface area (Å²) in [5.41, 5.74) is -1.19. The van der Waals surface area contributed by atoms with E-state index in [-0.39, 0.29) is 22.9 Å². The Morgan fingerprint density at radius 2 is 1.96 bits per heavy atom. The first kappa shape index (κ1) is 23.3. The summed E-state index contributed by atoms with van der Waals surface area (Å²) in [6, 6.07) is -0.109. The fraction of sp³-hybridized carbons (Fsp3) is 0.632. The lowest BCUT2D eigenvalue weighted by Crippen LogP contribution is -2.49. The van der Waals surface area contributed by atoms with Crippen molar-refractivity contribution < 1.29 is 14.3 Å². The second kappa shape index (κ2) is 11.8. The summed E-state index contributed by atoms with van der Waals surface area (Å²) in [6.07, 6.45) is 11.2. The monoisotopic (exact) mass is 451 g/mol. The van der Waals surface area contributed by atoms with Crippen LogP contribution in [0.5, 0.6) is 0 Å². The lowest BCUT2D eigenvalue weighted by atomic mass is 9.93. The zero-order valence-corrected chi connectivity index (χ0v) is 17.5. The van der Waals surface area contributed by atoms with Crippen LogP contribution in [-0.4, -0.2) is 33.8 Å². The van der Waals surface area contributed by atoms with E-state index in [1.807, 2.05) is 19.1 Å². The van der Waals surface area contributed by atoms with Crippen molar-refractivity contribution in [3.8, 4) is 0 Å².